The lowest BCUT2D eigenvalue weighted by molar-refractivity contribution is -0.385. The Hall–Kier alpha value is -3.82. The highest BCUT2D eigenvalue weighted by Gasteiger charge is 2.22. The Morgan fingerprint density at radius 1 is 1.23 bits per heavy atom. The van der Waals surface area contributed by atoms with Gasteiger partial charge < -0.3 is 8.94 Å². The van der Waals surface area contributed by atoms with Gasteiger partial charge in [-0.25, -0.2) is 0 Å². The molecule has 0 spiro atoms. The van der Waals surface area contributed by atoms with Crippen LogP contribution in [0, 0.1) is 17.0 Å². The smallest absolute Gasteiger partial charge is 0.307 e. The summed E-state index contributed by atoms with van der Waals surface area (Å²) in [5.41, 5.74) is 1.97. The molecule has 10 nitrogen and oxygen atoms in total. The van der Waals surface area contributed by atoms with E-state index in [2.05, 4.69) is 20.5 Å². The Morgan fingerprint density at radius 3 is 2.77 bits per heavy atom. The summed E-state index contributed by atoms with van der Waals surface area (Å²) < 4.78 is 12.3. The second-order valence-corrected chi connectivity index (χ2v) is 5.48. The molecule has 0 aliphatic rings. The molecule has 3 aromatic heterocycles. The number of aromatic nitrogens is 5. The van der Waals surface area contributed by atoms with E-state index in [0.29, 0.717) is 17.0 Å². The molecule has 0 aliphatic heterocycles. The molecule has 0 unspecified atom stereocenters. The lowest BCUT2D eigenvalue weighted by Gasteiger charge is -1.98. The Morgan fingerprint density at radius 2 is 2.04 bits per heavy atom. The fourth-order valence-electron chi connectivity index (χ4n) is 2.51. The predicted molar refractivity (Wildman–Crippen MR) is 88.0 cm³/mol. The van der Waals surface area contributed by atoms with Gasteiger partial charge in [-0.15, -0.1) is 10.2 Å². The minimum absolute atomic E-state index is 0.106. The largest absolute Gasteiger partial charge is 0.418 e. The zero-order chi connectivity index (χ0) is 18.1. The van der Waals surface area contributed by atoms with E-state index in [0.717, 1.165) is 11.8 Å². The third-order valence-corrected chi connectivity index (χ3v) is 3.72. The van der Waals surface area contributed by atoms with Gasteiger partial charge in [0.15, 0.2) is 0 Å². The fourth-order valence-corrected chi connectivity index (χ4v) is 2.51. The Kier molecular flexibility index (Phi) is 3.77. The van der Waals surface area contributed by atoms with Crippen molar-refractivity contribution in [1.82, 2.24) is 25.1 Å². The first kappa shape index (κ1) is 15.7. The number of nitro groups is 1. The summed E-state index contributed by atoms with van der Waals surface area (Å²) in [4.78, 5) is 10.2. The molecule has 0 amide bonds. The third kappa shape index (κ3) is 2.83. The van der Waals surface area contributed by atoms with Crippen molar-refractivity contribution in [2.75, 3.05) is 0 Å². The van der Waals surface area contributed by atoms with Crippen LogP contribution in [0.1, 0.15) is 11.7 Å². The van der Waals surface area contributed by atoms with Crippen LogP contribution in [0.3, 0.4) is 0 Å². The van der Waals surface area contributed by atoms with Crippen LogP contribution in [0.15, 0.2) is 51.7 Å². The molecular formula is C16H12N6O4. The van der Waals surface area contributed by atoms with Crippen LogP contribution in [-0.2, 0) is 6.54 Å². The van der Waals surface area contributed by atoms with Gasteiger partial charge in [0.1, 0.15) is 36.0 Å². The van der Waals surface area contributed by atoms with Crippen molar-refractivity contribution >= 4 is 5.69 Å². The van der Waals surface area contributed by atoms with E-state index in [1.165, 1.54) is 10.9 Å². The zero-order valence-corrected chi connectivity index (χ0v) is 13.6. The van der Waals surface area contributed by atoms with E-state index in [1.54, 1.807) is 6.92 Å². The van der Waals surface area contributed by atoms with Gasteiger partial charge in [-0.1, -0.05) is 35.5 Å². The number of aryl methyl sites for hydroxylation is 1. The van der Waals surface area contributed by atoms with Crippen molar-refractivity contribution < 1.29 is 13.9 Å². The summed E-state index contributed by atoms with van der Waals surface area (Å²) in [7, 11) is 0. The van der Waals surface area contributed by atoms with Crippen LogP contribution in [0.2, 0.25) is 0 Å². The van der Waals surface area contributed by atoms with Crippen LogP contribution >= 0.6 is 0 Å². The zero-order valence-electron chi connectivity index (χ0n) is 13.6. The van der Waals surface area contributed by atoms with E-state index in [9.17, 15) is 10.1 Å². The standard InChI is InChI=1S/C16H12N6O4/c1-10-14(15(20-26-10)11-5-3-2-4-6-11)16-19-18-13(25-16)9-21-8-12(7-17-21)22(23)24/h2-8H,9H2,1H3. The molecule has 0 N–H and O–H groups in total. The molecule has 0 saturated carbocycles. The highest BCUT2D eigenvalue weighted by molar-refractivity contribution is 5.77. The molecular weight excluding hydrogens is 340 g/mol. The first-order valence-electron chi connectivity index (χ1n) is 7.63. The van der Waals surface area contributed by atoms with Gasteiger partial charge in [-0.2, -0.15) is 5.10 Å². The minimum Gasteiger partial charge on any atom is -0.418 e. The van der Waals surface area contributed by atoms with E-state index >= 15 is 0 Å². The molecule has 0 saturated heterocycles. The highest BCUT2D eigenvalue weighted by Crippen LogP contribution is 2.33. The number of hydrogen-bond acceptors (Lipinski definition) is 8. The molecule has 1 aromatic carbocycles. The van der Waals surface area contributed by atoms with Crippen LogP contribution < -0.4 is 0 Å². The lowest BCUT2D eigenvalue weighted by atomic mass is 10.1. The number of benzene rings is 1. The average Bonchev–Trinajstić information content (AvgIpc) is 3.36. The average molecular weight is 352 g/mol. The number of hydrogen-bond donors (Lipinski definition) is 0. The number of nitrogens with zero attached hydrogens (tertiary/aromatic N) is 6. The van der Waals surface area contributed by atoms with Crippen LogP contribution in [0.5, 0.6) is 0 Å². The Labute approximate surface area is 146 Å². The van der Waals surface area contributed by atoms with E-state index in [1.807, 2.05) is 30.3 Å². The normalized spacial score (nSPS) is 11.0. The first-order chi connectivity index (χ1) is 12.6. The monoisotopic (exact) mass is 352 g/mol. The van der Waals surface area contributed by atoms with E-state index < -0.39 is 4.92 Å². The molecule has 10 heteroatoms. The van der Waals surface area contributed by atoms with Gasteiger partial charge in [0.2, 0.25) is 5.89 Å². The molecule has 0 radical (unpaired) electrons. The Bertz CT molecular complexity index is 1070. The summed E-state index contributed by atoms with van der Waals surface area (Å²) in [5, 5.41) is 26.7. The topological polar surface area (TPSA) is 126 Å². The molecule has 26 heavy (non-hydrogen) atoms. The maximum Gasteiger partial charge on any atom is 0.307 e. The first-order valence-corrected chi connectivity index (χ1v) is 7.63. The van der Waals surface area contributed by atoms with Crippen molar-refractivity contribution in [1.29, 1.82) is 0 Å². The third-order valence-electron chi connectivity index (χ3n) is 3.72. The molecule has 0 bridgehead atoms. The van der Waals surface area contributed by atoms with Crippen molar-refractivity contribution in [3.63, 3.8) is 0 Å². The fraction of sp³-hybridized carbons (Fsp3) is 0.125. The quantitative estimate of drug-likeness (QED) is 0.396. The van der Waals surface area contributed by atoms with Crippen molar-refractivity contribution in [2.45, 2.75) is 13.5 Å². The summed E-state index contributed by atoms with van der Waals surface area (Å²) in [6, 6.07) is 9.51. The van der Waals surface area contributed by atoms with Crippen molar-refractivity contribution in [3.8, 4) is 22.7 Å². The maximum atomic E-state index is 10.7. The SMILES string of the molecule is Cc1onc(-c2ccccc2)c1-c1nnc(Cn2cc([N+](=O)[O-])cn2)o1. The van der Waals surface area contributed by atoms with E-state index in [-0.39, 0.29) is 24.0 Å². The van der Waals surface area contributed by atoms with Gasteiger partial charge in [0, 0.05) is 5.56 Å². The molecule has 3 heterocycles. The van der Waals surface area contributed by atoms with Crippen LogP contribution in [-0.4, -0.2) is 30.1 Å². The Balaban J connectivity index is 1.64. The molecule has 0 fully saturated rings. The molecule has 4 rings (SSSR count). The second-order valence-electron chi connectivity index (χ2n) is 5.48. The summed E-state index contributed by atoms with van der Waals surface area (Å²) >= 11 is 0. The molecule has 130 valence electrons. The van der Waals surface area contributed by atoms with Crippen LogP contribution in [0.25, 0.3) is 22.7 Å². The summed E-state index contributed by atoms with van der Waals surface area (Å²) in [6.45, 7) is 1.88. The van der Waals surface area contributed by atoms with E-state index in [4.69, 9.17) is 8.94 Å². The predicted octanol–water partition coefficient (Wildman–Crippen LogP) is 2.85. The van der Waals surface area contributed by atoms with Gasteiger partial charge in [0.25, 0.3) is 5.89 Å². The second kappa shape index (κ2) is 6.24. The van der Waals surface area contributed by atoms with Gasteiger partial charge in [0.05, 0.1) is 4.92 Å². The molecule has 0 atom stereocenters. The maximum absolute atomic E-state index is 10.7. The lowest BCUT2D eigenvalue weighted by Crippen LogP contribution is -2.00. The highest BCUT2D eigenvalue weighted by atomic mass is 16.6. The van der Waals surface area contributed by atoms with Crippen molar-refractivity contribution in [2.24, 2.45) is 0 Å². The summed E-state index contributed by atoms with van der Waals surface area (Å²) in [5.74, 6) is 1.07. The molecule has 0 aliphatic carbocycles. The van der Waals surface area contributed by atoms with Gasteiger partial charge in [-0.05, 0) is 6.92 Å². The minimum atomic E-state index is -0.518. The van der Waals surface area contributed by atoms with Gasteiger partial charge >= 0.3 is 5.69 Å². The van der Waals surface area contributed by atoms with Crippen LogP contribution in [0.4, 0.5) is 5.69 Å². The molecule has 4 aromatic rings. The van der Waals surface area contributed by atoms with Gasteiger partial charge in [-0.3, -0.25) is 14.8 Å². The summed E-state index contributed by atoms with van der Waals surface area (Å²) in [6.07, 6.45) is 2.46. The number of rotatable bonds is 5. The van der Waals surface area contributed by atoms with Crippen molar-refractivity contribution in [3.05, 3.63) is 64.5 Å².